The molecule has 0 aromatic heterocycles. The average Bonchev–Trinajstić information content (AvgIpc) is 2.73. The summed E-state index contributed by atoms with van der Waals surface area (Å²) in [5, 5.41) is 2.86. The molecular formula is C14H20N2O3S. The molecule has 2 rings (SSSR count). The molecule has 110 valence electrons. The predicted molar refractivity (Wildman–Crippen MR) is 79.5 cm³/mol. The molecule has 1 aliphatic rings. The summed E-state index contributed by atoms with van der Waals surface area (Å²) in [5.74, 6) is 0.258. The Morgan fingerprint density at radius 2 is 2.10 bits per heavy atom. The van der Waals surface area contributed by atoms with Gasteiger partial charge in [0.1, 0.15) is 0 Å². The van der Waals surface area contributed by atoms with Crippen LogP contribution < -0.4 is 5.32 Å². The molecule has 1 aliphatic heterocycles. The van der Waals surface area contributed by atoms with Crippen LogP contribution in [0.4, 0.5) is 5.69 Å². The van der Waals surface area contributed by atoms with Gasteiger partial charge in [-0.25, -0.2) is 8.42 Å². The number of carbonyl (C=O) groups is 1. The van der Waals surface area contributed by atoms with E-state index in [9.17, 15) is 13.2 Å². The molecule has 5 nitrogen and oxygen atoms in total. The topological polar surface area (TPSA) is 66.5 Å². The molecule has 0 bridgehead atoms. The molecule has 1 unspecified atom stereocenters. The molecule has 1 aromatic carbocycles. The maximum Gasteiger partial charge on any atom is 0.238 e. The monoisotopic (exact) mass is 296 g/mol. The summed E-state index contributed by atoms with van der Waals surface area (Å²) >= 11 is 0. The van der Waals surface area contributed by atoms with Crippen LogP contribution in [0, 0.1) is 6.92 Å². The highest BCUT2D eigenvalue weighted by atomic mass is 32.2. The lowest BCUT2D eigenvalue weighted by Gasteiger charge is -2.22. The number of para-hydroxylation sites is 1. The van der Waals surface area contributed by atoms with E-state index in [1.54, 1.807) is 7.05 Å². The highest BCUT2D eigenvalue weighted by Crippen LogP contribution is 2.17. The van der Waals surface area contributed by atoms with E-state index in [-0.39, 0.29) is 30.0 Å². The van der Waals surface area contributed by atoms with Gasteiger partial charge in [0.05, 0.1) is 18.1 Å². The second-order valence-electron chi connectivity index (χ2n) is 5.34. The Morgan fingerprint density at radius 1 is 1.40 bits per heavy atom. The first kappa shape index (κ1) is 15.0. The van der Waals surface area contributed by atoms with Crippen molar-refractivity contribution in [1.29, 1.82) is 0 Å². The van der Waals surface area contributed by atoms with E-state index in [2.05, 4.69) is 5.32 Å². The summed E-state index contributed by atoms with van der Waals surface area (Å²) in [7, 11) is -1.12. The molecule has 0 saturated carbocycles. The van der Waals surface area contributed by atoms with Crippen molar-refractivity contribution < 1.29 is 13.2 Å². The average molecular weight is 296 g/mol. The number of benzene rings is 1. The number of amides is 1. The number of nitrogens with one attached hydrogen (secondary N) is 1. The standard InChI is InChI=1S/C14H20N2O3S/c1-11-5-3-4-6-13(11)15-14(17)9-16(2)12-7-8-20(18,19)10-12/h3-6,12H,7-10H2,1-2H3,(H,15,17). The zero-order chi connectivity index (χ0) is 14.8. The van der Waals surface area contributed by atoms with Gasteiger partial charge in [0.25, 0.3) is 0 Å². The first-order chi connectivity index (χ1) is 9.37. The van der Waals surface area contributed by atoms with E-state index < -0.39 is 9.84 Å². The third kappa shape index (κ3) is 3.80. The van der Waals surface area contributed by atoms with Crippen LogP contribution >= 0.6 is 0 Å². The maximum absolute atomic E-state index is 12.0. The molecule has 1 fully saturated rings. The van der Waals surface area contributed by atoms with E-state index in [0.717, 1.165) is 11.3 Å². The molecule has 0 aliphatic carbocycles. The van der Waals surface area contributed by atoms with Crippen LogP contribution in [0.5, 0.6) is 0 Å². The number of nitrogens with zero attached hydrogens (tertiary/aromatic N) is 1. The molecule has 1 amide bonds. The predicted octanol–water partition coefficient (Wildman–Crippen LogP) is 1.05. The van der Waals surface area contributed by atoms with Crippen molar-refractivity contribution in [3.8, 4) is 0 Å². The van der Waals surface area contributed by atoms with Crippen LogP contribution in [0.15, 0.2) is 24.3 Å². The van der Waals surface area contributed by atoms with Crippen LogP contribution in [0.25, 0.3) is 0 Å². The fourth-order valence-corrected chi connectivity index (χ4v) is 4.19. The van der Waals surface area contributed by atoms with Gasteiger partial charge in [-0.05, 0) is 32.0 Å². The molecule has 1 N–H and O–H groups in total. The first-order valence-corrected chi connectivity index (χ1v) is 8.46. The first-order valence-electron chi connectivity index (χ1n) is 6.63. The summed E-state index contributed by atoms with van der Waals surface area (Å²) in [6, 6.07) is 7.52. The van der Waals surface area contributed by atoms with Gasteiger partial charge in [-0.15, -0.1) is 0 Å². The summed E-state index contributed by atoms with van der Waals surface area (Å²) < 4.78 is 22.9. The van der Waals surface area contributed by atoms with Crippen LogP contribution in [0.1, 0.15) is 12.0 Å². The largest absolute Gasteiger partial charge is 0.325 e. The number of aryl methyl sites for hydroxylation is 1. The Balaban J connectivity index is 1.90. The number of hydrogen-bond acceptors (Lipinski definition) is 4. The summed E-state index contributed by atoms with van der Waals surface area (Å²) in [6.45, 7) is 2.14. The van der Waals surface area contributed by atoms with E-state index >= 15 is 0 Å². The molecule has 20 heavy (non-hydrogen) atoms. The van der Waals surface area contributed by atoms with Crippen molar-refractivity contribution in [3.63, 3.8) is 0 Å². The van der Waals surface area contributed by atoms with Gasteiger partial charge in [0, 0.05) is 11.7 Å². The van der Waals surface area contributed by atoms with E-state index in [0.29, 0.717) is 6.42 Å². The molecule has 1 saturated heterocycles. The number of hydrogen-bond donors (Lipinski definition) is 1. The molecular weight excluding hydrogens is 276 g/mol. The molecule has 1 atom stereocenters. The number of anilines is 1. The van der Waals surface area contributed by atoms with Gasteiger partial charge < -0.3 is 5.32 Å². The highest BCUT2D eigenvalue weighted by molar-refractivity contribution is 7.91. The Labute approximate surface area is 119 Å². The summed E-state index contributed by atoms with van der Waals surface area (Å²) in [4.78, 5) is 13.8. The number of sulfone groups is 1. The summed E-state index contributed by atoms with van der Waals surface area (Å²) in [5.41, 5.74) is 1.80. The maximum atomic E-state index is 12.0. The summed E-state index contributed by atoms with van der Waals surface area (Å²) in [6.07, 6.45) is 0.608. The Kier molecular flexibility index (Phi) is 4.45. The van der Waals surface area contributed by atoms with Crippen LogP contribution in [-0.2, 0) is 14.6 Å². The van der Waals surface area contributed by atoms with Crippen LogP contribution in [0.3, 0.4) is 0 Å². The van der Waals surface area contributed by atoms with Crippen molar-refractivity contribution in [2.24, 2.45) is 0 Å². The molecule has 1 aromatic rings. The molecule has 1 heterocycles. The lowest BCUT2D eigenvalue weighted by Crippen LogP contribution is -2.38. The lowest BCUT2D eigenvalue weighted by atomic mass is 10.2. The van der Waals surface area contributed by atoms with Gasteiger partial charge in [0.2, 0.25) is 5.91 Å². The minimum absolute atomic E-state index is 0.0531. The fraction of sp³-hybridized carbons (Fsp3) is 0.500. The van der Waals surface area contributed by atoms with Gasteiger partial charge in [-0.3, -0.25) is 9.69 Å². The smallest absolute Gasteiger partial charge is 0.238 e. The van der Waals surface area contributed by atoms with Crippen LogP contribution in [0.2, 0.25) is 0 Å². The van der Waals surface area contributed by atoms with Crippen LogP contribution in [-0.4, -0.2) is 50.4 Å². The number of likely N-dealkylation sites (N-methyl/N-ethyl adjacent to an activating group) is 1. The third-order valence-corrected chi connectivity index (χ3v) is 5.39. The van der Waals surface area contributed by atoms with Gasteiger partial charge in [0.15, 0.2) is 9.84 Å². The second-order valence-corrected chi connectivity index (χ2v) is 7.56. The Hall–Kier alpha value is -1.40. The highest BCUT2D eigenvalue weighted by Gasteiger charge is 2.31. The van der Waals surface area contributed by atoms with Gasteiger partial charge in [-0.2, -0.15) is 0 Å². The third-order valence-electron chi connectivity index (χ3n) is 3.64. The number of rotatable bonds is 4. The van der Waals surface area contributed by atoms with Crippen molar-refractivity contribution >= 4 is 21.4 Å². The van der Waals surface area contributed by atoms with E-state index in [1.165, 1.54) is 0 Å². The van der Waals surface area contributed by atoms with Crippen molar-refractivity contribution in [2.75, 3.05) is 30.4 Å². The lowest BCUT2D eigenvalue weighted by molar-refractivity contribution is -0.117. The van der Waals surface area contributed by atoms with Gasteiger partial charge >= 0.3 is 0 Å². The van der Waals surface area contributed by atoms with Gasteiger partial charge in [-0.1, -0.05) is 18.2 Å². The van der Waals surface area contributed by atoms with Crippen molar-refractivity contribution in [3.05, 3.63) is 29.8 Å². The SMILES string of the molecule is Cc1ccccc1NC(=O)CN(C)C1CCS(=O)(=O)C1. The zero-order valence-corrected chi connectivity index (χ0v) is 12.6. The Morgan fingerprint density at radius 3 is 2.70 bits per heavy atom. The minimum atomic E-state index is -2.92. The van der Waals surface area contributed by atoms with E-state index in [1.807, 2.05) is 36.1 Å². The Bertz CT molecular complexity index is 598. The van der Waals surface area contributed by atoms with Crippen molar-refractivity contribution in [2.45, 2.75) is 19.4 Å². The fourth-order valence-electron chi connectivity index (χ4n) is 2.38. The quantitative estimate of drug-likeness (QED) is 0.902. The molecule has 0 radical (unpaired) electrons. The van der Waals surface area contributed by atoms with E-state index in [4.69, 9.17) is 0 Å². The number of carbonyl (C=O) groups excluding carboxylic acids is 1. The molecule has 0 spiro atoms. The zero-order valence-electron chi connectivity index (χ0n) is 11.8. The molecule has 6 heteroatoms. The second kappa shape index (κ2) is 5.93. The van der Waals surface area contributed by atoms with Crippen molar-refractivity contribution in [1.82, 2.24) is 4.90 Å². The minimum Gasteiger partial charge on any atom is -0.325 e. The normalized spacial score (nSPS) is 21.1.